The van der Waals surface area contributed by atoms with Gasteiger partial charge >= 0.3 is 6.09 Å². The van der Waals surface area contributed by atoms with Gasteiger partial charge in [0.05, 0.1) is 18.4 Å². The van der Waals surface area contributed by atoms with E-state index in [9.17, 15) is 14.0 Å². The summed E-state index contributed by atoms with van der Waals surface area (Å²) in [6.07, 6.45) is 1.37. The number of ether oxygens (including phenoxy) is 2. The van der Waals surface area contributed by atoms with Gasteiger partial charge in [-0.15, -0.1) is 0 Å². The highest BCUT2D eigenvalue weighted by Crippen LogP contribution is 2.28. The van der Waals surface area contributed by atoms with E-state index in [-0.39, 0.29) is 22.9 Å². The van der Waals surface area contributed by atoms with Crippen molar-refractivity contribution in [1.29, 1.82) is 0 Å². The highest BCUT2D eigenvalue weighted by atomic mass is 32.1. The number of thiocarbonyl (C=S) groups is 1. The molecule has 140 valence electrons. The average molecular weight is 380 g/mol. The Balaban J connectivity index is 2.17. The maximum atomic E-state index is 13.8. The first kappa shape index (κ1) is 19.8. The molecule has 0 atom stereocenters. The van der Waals surface area contributed by atoms with Crippen LogP contribution in [0.25, 0.3) is 0 Å². The summed E-state index contributed by atoms with van der Waals surface area (Å²) >= 11 is 5.28. The molecule has 0 spiro atoms. The molecule has 0 saturated carbocycles. The summed E-state index contributed by atoms with van der Waals surface area (Å²) in [5.74, 6) is -1.12. The van der Waals surface area contributed by atoms with Crippen molar-refractivity contribution in [2.45, 2.75) is 32.8 Å². The molecule has 1 N–H and O–H groups in total. The number of hydrogen-bond acceptors (Lipinski definition) is 5. The molecule has 1 heterocycles. The van der Waals surface area contributed by atoms with Crippen LogP contribution in [-0.2, 0) is 9.53 Å². The van der Waals surface area contributed by atoms with Gasteiger partial charge in [0, 0.05) is 6.54 Å². The second-order valence-electron chi connectivity index (χ2n) is 6.62. The highest BCUT2D eigenvalue weighted by Gasteiger charge is 2.32. The van der Waals surface area contributed by atoms with Crippen LogP contribution in [0.4, 0.5) is 14.9 Å². The lowest BCUT2D eigenvalue weighted by atomic mass is 10.1. The fraction of sp³-hybridized carbons (Fsp3) is 0.389. The van der Waals surface area contributed by atoms with E-state index in [0.29, 0.717) is 12.1 Å². The second kappa shape index (κ2) is 7.82. The minimum Gasteiger partial charge on any atom is -0.492 e. The largest absolute Gasteiger partial charge is 0.492 e. The maximum Gasteiger partial charge on any atom is 0.417 e. The Bertz CT molecular complexity index is 771. The van der Waals surface area contributed by atoms with Crippen LogP contribution in [0.1, 0.15) is 27.2 Å². The van der Waals surface area contributed by atoms with Crippen LogP contribution in [0.15, 0.2) is 29.8 Å². The van der Waals surface area contributed by atoms with E-state index < -0.39 is 23.4 Å². The molecule has 6 nitrogen and oxygen atoms in total. The SMILES string of the molecule is COc1c(F)cccc1NC(=S)C1=CCCN(C(=O)OC(C)(C)C)C1=O. The van der Waals surface area contributed by atoms with Gasteiger partial charge in [-0.25, -0.2) is 14.1 Å². The van der Waals surface area contributed by atoms with Gasteiger partial charge in [0.25, 0.3) is 5.91 Å². The summed E-state index contributed by atoms with van der Waals surface area (Å²) in [5, 5.41) is 2.81. The fourth-order valence-corrected chi connectivity index (χ4v) is 2.64. The molecule has 2 amide bonds. The summed E-state index contributed by atoms with van der Waals surface area (Å²) in [6, 6.07) is 4.32. The van der Waals surface area contributed by atoms with Gasteiger partial charge in [-0.05, 0) is 39.3 Å². The summed E-state index contributed by atoms with van der Waals surface area (Å²) in [4.78, 5) is 25.9. The third-order valence-electron chi connectivity index (χ3n) is 3.45. The molecule has 1 aromatic rings. The number of carbonyl (C=O) groups excluding carboxylic acids is 2. The zero-order valence-corrected chi connectivity index (χ0v) is 15.9. The van der Waals surface area contributed by atoms with E-state index in [1.54, 1.807) is 32.9 Å². The van der Waals surface area contributed by atoms with E-state index >= 15 is 0 Å². The molecule has 0 aliphatic carbocycles. The molecule has 2 rings (SSSR count). The molecule has 8 heteroatoms. The van der Waals surface area contributed by atoms with Gasteiger partial charge in [0.1, 0.15) is 10.6 Å². The standard InChI is InChI=1S/C18H21FN2O4S/c1-18(2,3)25-17(23)21-10-6-7-11(16(21)22)15(26)20-13-9-5-8-12(19)14(13)24-4/h5,7-9H,6,10H2,1-4H3,(H,20,26). The van der Waals surface area contributed by atoms with Crippen molar-refractivity contribution in [3.63, 3.8) is 0 Å². The van der Waals surface area contributed by atoms with Crippen LogP contribution < -0.4 is 10.1 Å². The molecule has 0 saturated heterocycles. The fourth-order valence-electron chi connectivity index (χ4n) is 2.36. The molecule has 0 aromatic heterocycles. The molecule has 26 heavy (non-hydrogen) atoms. The number of methoxy groups -OCH3 is 1. The smallest absolute Gasteiger partial charge is 0.417 e. The molecular weight excluding hydrogens is 359 g/mol. The van der Waals surface area contributed by atoms with Gasteiger partial charge in [-0.1, -0.05) is 24.4 Å². The monoisotopic (exact) mass is 380 g/mol. The summed E-state index contributed by atoms with van der Waals surface area (Å²) in [5.41, 5.74) is -0.268. The molecule has 0 radical (unpaired) electrons. The zero-order valence-electron chi connectivity index (χ0n) is 15.1. The first-order chi connectivity index (χ1) is 12.1. The van der Waals surface area contributed by atoms with E-state index in [0.717, 1.165) is 4.90 Å². The first-order valence-electron chi connectivity index (χ1n) is 8.03. The highest BCUT2D eigenvalue weighted by molar-refractivity contribution is 7.81. The lowest BCUT2D eigenvalue weighted by molar-refractivity contribution is -0.126. The summed E-state index contributed by atoms with van der Waals surface area (Å²) in [7, 11) is 1.34. The first-order valence-corrected chi connectivity index (χ1v) is 8.43. The molecule has 1 aliphatic heterocycles. The number of carbonyl (C=O) groups is 2. The number of hydrogen-bond donors (Lipinski definition) is 1. The number of imide groups is 1. The number of halogens is 1. The lowest BCUT2D eigenvalue weighted by Gasteiger charge is -2.29. The van der Waals surface area contributed by atoms with Crippen molar-refractivity contribution in [1.82, 2.24) is 4.90 Å². The average Bonchev–Trinajstić information content (AvgIpc) is 2.53. The molecule has 0 unspecified atom stereocenters. The number of para-hydroxylation sites is 1. The van der Waals surface area contributed by atoms with Crippen molar-refractivity contribution >= 4 is 34.9 Å². The Morgan fingerprint density at radius 2 is 2.04 bits per heavy atom. The molecular formula is C18H21FN2O4S. The third-order valence-corrected chi connectivity index (χ3v) is 3.78. The van der Waals surface area contributed by atoms with E-state index in [1.807, 2.05) is 0 Å². The number of amides is 2. The van der Waals surface area contributed by atoms with Crippen LogP contribution in [-0.4, -0.2) is 41.1 Å². The number of benzene rings is 1. The predicted octanol–water partition coefficient (Wildman–Crippen LogP) is 3.67. The predicted molar refractivity (Wildman–Crippen MR) is 99.8 cm³/mol. The number of rotatable bonds is 3. The van der Waals surface area contributed by atoms with Crippen molar-refractivity contribution < 1.29 is 23.5 Å². The minimum atomic E-state index is -0.723. The van der Waals surface area contributed by atoms with Gasteiger partial charge in [0.15, 0.2) is 11.6 Å². The van der Waals surface area contributed by atoms with Crippen molar-refractivity contribution in [2.75, 3.05) is 19.0 Å². The Morgan fingerprint density at radius 3 is 2.65 bits per heavy atom. The zero-order chi connectivity index (χ0) is 19.5. The Morgan fingerprint density at radius 1 is 1.35 bits per heavy atom. The van der Waals surface area contributed by atoms with Crippen LogP contribution in [0.5, 0.6) is 5.75 Å². The van der Waals surface area contributed by atoms with Gasteiger partial charge in [0.2, 0.25) is 0 Å². The van der Waals surface area contributed by atoms with Crippen LogP contribution in [0.2, 0.25) is 0 Å². The second-order valence-corrected chi connectivity index (χ2v) is 7.03. The molecule has 1 aromatic carbocycles. The third kappa shape index (κ3) is 4.57. The number of nitrogens with one attached hydrogen (secondary N) is 1. The minimum absolute atomic E-state index is 0.0114. The quantitative estimate of drug-likeness (QED) is 0.807. The Hall–Kier alpha value is -2.48. The van der Waals surface area contributed by atoms with Crippen molar-refractivity contribution in [3.05, 3.63) is 35.7 Å². The van der Waals surface area contributed by atoms with Gasteiger partial charge in [-0.2, -0.15) is 0 Å². The van der Waals surface area contributed by atoms with Crippen molar-refractivity contribution in [3.8, 4) is 5.75 Å². The molecule has 0 fully saturated rings. The summed E-state index contributed by atoms with van der Waals surface area (Å²) in [6.45, 7) is 5.37. The van der Waals surface area contributed by atoms with E-state index in [1.165, 1.54) is 19.2 Å². The van der Waals surface area contributed by atoms with Crippen LogP contribution >= 0.6 is 12.2 Å². The van der Waals surface area contributed by atoms with Crippen LogP contribution in [0.3, 0.4) is 0 Å². The summed E-state index contributed by atoms with van der Waals surface area (Å²) < 4.78 is 24.1. The Labute approximate surface area is 156 Å². The Kier molecular flexibility index (Phi) is 5.97. The molecule has 0 bridgehead atoms. The van der Waals surface area contributed by atoms with Gasteiger partial charge in [-0.3, -0.25) is 4.79 Å². The molecule has 1 aliphatic rings. The normalized spacial score (nSPS) is 14.6. The van der Waals surface area contributed by atoms with E-state index in [4.69, 9.17) is 21.7 Å². The maximum absolute atomic E-state index is 13.8. The number of anilines is 1. The van der Waals surface area contributed by atoms with Crippen molar-refractivity contribution in [2.24, 2.45) is 0 Å². The number of nitrogens with zero attached hydrogens (tertiary/aromatic N) is 1. The topological polar surface area (TPSA) is 67.9 Å². The lowest BCUT2D eigenvalue weighted by Crippen LogP contribution is -2.45. The van der Waals surface area contributed by atoms with Gasteiger partial charge < -0.3 is 14.8 Å². The van der Waals surface area contributed by atoms with E-state index in [2.05, 4.69) is 5.32 Å². The van der Waals surface area contributed by atoms with Crippen LogP contribution in [0, 0.1) is 5.82 Å².